The lowest BCUT2D eigenvalue weighted by molar-refractivity contribution is -0.119. The molecule has 1 aromatic heterocycles. The Hall–Kier alpha value is -1.24. The van der Waals surface area contributed by atoms with Crippen LogP contribution in [0.1, 0.15) is 32.6 Å². The largest absolute Gasteiger partial charge is 0.376 e. The first-order valence-corrected chi connectivity index (χ1v) is 9.98. The predicted octanol–water partition coefficient (Wildman–Crippen LogP) is 4.88. The van der Waals surface area contributed by atoms with Crippen molar-refractivity contribution >= 4 is 38.3 Å². The molecule has 2 heterocycles. The molecule has 2 aromatic rings. The number of amides is 1. The van der Waals surface area contributed by atoms with Crippen molar-refractivity contribution in [1.82, 2.24) is 4.98 Å². The highest BCUT2D eigenvalue weighted by atomic mass is 79.9. The second-order valence-corrected chi connectivity index (χ2v) is 7.66. The first-order valence-electron chi connectivity index (χ1n) is 8.31. The Morgan fingerprint density at radius 3 is 2.88 bits per heavy atom. The zero-order chi connectivity index (χ0) is 16.9. The molecular formula is C18H21BrN2O2S. The highest BCUT2D eigenvalue weighted by molar-refractivity contribution is 9.10. The smallest absolute Gasteiger partial charge is 0.228 e. The Bertz CT molecular complexity index is 681. The molecule has 1 atom stereocenters. The molecule has 0 saturated carbocycles. The lowest BCUT2D eigenvalue weighted by atomic mass is 10.2. The number of thiazole rings is 1. The van der Waals surface area contributed by atoms with E-state index in [4.69, 9.17) is 9.72 Å². The zero-order valence-electron chi connectivity index (χ0n) is 13.7. The molecule has 1 amide bonds. The van der Waals surface area contributed by atoms with Crippen molar-refractivity contribution in [2.75, 3.05) is 18.1 Å². The molecule has 1 aliphatic heterocycles. The SMILES string of the molecule is CCCC(=O)N(CC1CCCO1)c1nc(-c2ccc(Br)cc2)cs1. The molecule has 1 fully saturated rings. The van der Waals surface area contributed by atoms with E-state index in [1.54, 1.807) is 0 Å². The van der Waals surface area contributed by atoms with Gasteiger partial charge >= 0.3 is 0 Å². The van der Waals surface area contributed by atoms with Crippen LogP contribution < -0.4 is 4.90 Å². The first-order chi connectivity index (χ1) is 11.7. The summed E-state index contributed by atoms with van der Waals surface area (Å²) in [6, 6.07) is 8.06. The number of halogens is 1. The van der Waals surface area contributed by atoms with Gasteiger partial charge in [-0.2, -0.15) is 0 Å². The highest BCUT2D eigenvalue weighted by Crippen LogP contribution is 2.30. The summed E-state index contributed by atoms with van der Waals surface area (Å²) in [6.07, 6.45) is 3.60. The van der Waals surface area contributed by atoms with Gasteiger partial charge in [0.2, 0.25) is 5.91 Å². The number of nitrogens with zero attached hydrogens (tertiary/aromatic N) is 2. The minimum absolute atomic E-state index is 0.129. The van der Waals surface area contributed by atoms with Crippen LogP contribution in [-0.4, -0.2) is 30.1 Å². The molecule has 1 unspecified atom stereocenters. The molecule has 0 radical (unpaired) electrons. The highest BCUT2D eigenvalue weighted by Gasteiger charge is 2.25. The Kier molecular flexibility index (Phi) is 6.03. The fraction of sp³-hybridized carbons (Fsp3) is 0.444. The van der Waals surface area contributed by atoms with E-state index in [-0.39, 0.29) is 12.0 Å². The van der Waals surface area contributed by atoms with E-state index in [2.05, 4.69) is 15.9 Å². The van der Waals surface area contributed by atoms with E-state index >= 15 is 0 Å². The molecule has 0 N–H and O–H groups in total. The third kappa shape index (κ3) is 4.23. The molecule has 0 aliphatic carbocycles. The van der Waals surface area contributed by atoms with E-state index < -0.39 is 0 Å². The van der Waals surface area contributed by atoms with Crippen LogP contribution >= 0.6 is 27.3 Å². The van der Waals surface area contributed by atoms with Crippen molar-refractivity contribution < 1.29 is 9.53 Å². The second-order valence-electron chi connectivity index (χ2n) is 5.91. The average molecular weight is 409 g/mol. The fourth-order valence-corrected chi connectivity index (χ4v) is 3.89. The van der Waals surface area contributed by atoms with Crippen LogP contribution in [-0.2, 0) is 9.53 Å². The summed E-state index contributed by atoms with van der Waals surface area (Å²) in [7, 11) is 0. The summed E-state index contributed by atoms with van der Waals surface area (Å²) in [5.41, 5.74) is 1.96. The van der Waals surface area contributed by atoms with Gasteiger partial charge in [-0.15, -0.1) is 11.3 Å². The summed E-state index contributed by atoms with van der Waals surface area (Å²) in [5.74, 6) is 0.129. The van der Waals surface area contributed by atoms with E-state index in [0.29, 0.717) is 13.0 Å². The van der Waals surface area contributed by atoms with Gasteiger partial charge in [0.15, 0.2) is 5.13 Å². The van der Waals surface area contributed by atoms with Gasteiger partial charge in [-0.1, -0.05) is 35.0 Å². The van der Waals surface area contributed by atoms with Gasteiger partial charge in [-0.05, 0) is 31.4 Å². The van der Waals surface area contributed by atoms with Crippen molar-refractivity contribution in [2.45, 2.75) is 38.7 Å². The number of benzene rings is 1. The summed E-state index contributed by atoms with van der Waals surface area (Å²) in [5, 5.41) is 2.78. The van der Waals surface area contributed by atoms with Crippen molar-refractivity contribution in [1.29, 1.82) is 0 Å². The molecule has 1 saturated heterocycles. The standard InChI is InChI=1S/C18H21BrN2O2S/c1-2-4-17(22)21(11-15-5-3-10-23-15)18-20-16(12-24-18)13-6-8-14(19)9-7-13/h6-9,12,15H,2-5,10-11H2,1H3. The van der Waals surface area contributed by atoms with E-state index in [1.165, 1.54) is 11.3 Å². The number of ether oxygens (including phenoxy) is 1. The minimum atomic E-state index is 0.129. The van der Waals surface area contributed by atoms with Crippen LogP contribution in [0.3, 0.4) is 0 Å². The summed E-state index contributed by atoms with van der Waals surface area (Å²) in [6.45, 7) is 3.42. The Morgan fingerprint density at radius 2 is 2.21 bits per heavy atom. The van der Waals surface area contributed by atoms with Crippen LogP contribution in [0.5, 0.6) is 0 Å². The maximum atomic E-state index is 12.6. The molecule has 1 aromatic carbocycles. The number of anilines is 1. The van der Waals surface area contributed by atoms with Gasteiger partial charge in [0.1, 0.15) is 0 Å². The number of aromatic nitrogens is 1. The topological polar surface area (TPSA) is 42.4 Å². The molecule has 128 valence electrons. The van der Waals surface area contributed by atoms with Crippen LogP contribution in [0.2, 0.25) is 0 Å². The average Bonchev–Trinajstić information content (AvgIpc) is 3.25. The predicted molar refractivity (Wildman–Crippen MR) is 101 cm³/mol. The normalized spacial score (nSPS) is 17.2. The molecular weight excluding hydrogens is 388 g/mol. The van der Waals surface area contributed by atoms with Crippen LogP contribution in [0.15, 0.2) is 34.1 Å². The first kappa shape index (κ1) is 17.6. The van der Waals surface area contributed by atoms with Gasteiger partial charge in [0.05, 0.1) is 18.3 Å². The van der Waals surface area contributed by atoms with Gasteiger partial charge in [-0.3, -0.25) is 9.69 Å². The van der Waals surface area contributed by atoms with Gasteiger partial charge in [-0.25, -0.2) is 4.98 Å². The molecule has 3 rings (SSSR count). The number of rotatable bonds is 6. The molecule has 0 spiro atoms. The molecule has 6 heteroatoms. The number of carbonyl (C=O) groups excluding carboxylic acids is 1. The van der Waals surface area contributed by atoms with Crippen molar-refractivity contribution in [3.63, 3.8) is 0 Å². The quantitative estimate of drug-likeness (QED) is 0.683. The molecule has 24 heavy (non-hydrogen) atoms. The van der Waals surface area contributed by atoms with Crippen molar-refractivity contribution in [3.05, 3.63) is 34.1 Å². The monoisotopic (exact) mass is 408 g/mol. The van der Waals surface area contributed by atoms with Gasteiger partial charge in [0, 0.05) is 28.4 Å². The summed E-state index contributed by atoms with van der Waals surface area (Å²) < 4.78 is 6.76. The number of hydrogen-bond donors (Lipinski definition) is 0. The number of hydrogen-bond acceptors (Lipinski definition) is 4. The van der Waals surface area contributed by atoms with E-state index in [0.717, 1.165) is 46.7 Å². The third-order valence-corrected chi connectivity index (χ3v) is 5.43. The van der Waals surface area contributed by atoms with Gasteiger partial charge in [0.25, 0.3) is 0 Å². The molecule has 4 nitrogen and oxygen atoms in total. The minimum Gasteiger partial charge on any atom is -0.376 e. The maximum absolute atomic E-state index is 12.6. The Labute approximate surface area is 155 Å². The summed E-state index contributed by atoms with van der Waals surface area (Å²) >= 11 is 4.97. The zero-order valence-corrected chi connectivity index (χ0v) is 16.1. The number of carbonyl (C=O) groups is 1. The second kappa shape index (κ2) is 8.23. The lowest BCUT2D eigenvalue weighted by Gasteiger charge is -2.22. The molecule has 1 aliphatic rings. The van der Waals surface area contributed by atoms with Crippen LogP contribution in [0, 0.1) is 0 Å². The third-order valence-electron chi connectivity index (χ3n) is 4.04. The summed E-state index contributed by atoms with van der Waals surface area (Å²) in [4.78, 5) is 19.1. The van der Waals surface area contributed by atoms with Crippen LogP contribution in [0.4, 0.5) is 5.13 Å². The van der Waals surface area contributed by atoms with Crippen molar-refractivity contribution in [2.24, 2.45) is 0 Å². The van der Waals surface area contributed by atoms with Crippen molar-refractivity contribution in [3.8, 4) is 11.3 Å². The van der Waals surface area contributed by atoms with Gasteiger partial charge < -0.3 is 4.74 Å². The van der Waals surface area contributed by atoms with E-state index in [9.17, 15) is 4.79 Å². The van der Waals surface area contributed by atoms with E-state index in [1.807, 2.05) is 41.5 Å². The fourth-order valence-electron chi connectivity index (χ4n) is 2.77. The Morgan fingerprint density at radius 1 is 1.42 bits per heavy atom. The molecule has 0 bridgehead atoms. The Balaban J connectivity index is 1.81. The maximum Gasteiger partial charge on any atom is 0.228 e. The lowest BCUT2D eigenvalue weighted by Crippen LogP contribution is -2.37. The van der Waals surface area contributed by atoms with Crippen LogP contribution in [0.25, 0.3) is 11.3 Å².